The van der Waals surface area contributed by atoms with Crippen LogP contribution in [0, 0.1) is 0 Å². The summed E-state index contributed by atoms with van der Waals surface area (Å²) in [6.45, 7) is 8.79. The molecule has 0 radical (unpaired) electrons. The fourth-order valence-corrected chi connectivity index (χ4v) is 4.09. The molecule has 0 aromatic heterocycles. The van der Waals surface area contributed by atoms with Crippen LogP contribution in [0.1, 0.15) is 36.6 Å². The van der Waals surface area contributed by atoms with Crippen molar-refractivity contribution in [3.63, 3.8) is 0 Å². The Morgan fingerprint density at radius 3 is 2.45 bits per heavy atom. The Morgan fingerprint density at radius 2 is 1.79 bits per heavy atom. The lowest BCUT2D eigenvalue weighted by molar-refractivity contribution is 0.217. The van der Waals surface area contributed by atoms with Crippen molar-refractivity contribution in [3.05, 3.63) is 52.0 Å². The molecule has 0 saturated carbocycles. The van der Waals surface area contributed by atoms with E-state index in [0.717, 1.165) is 49.7 Å². The van der Waals surface area contributed by atoms with Crippen molar-refractivity contribution in [2.75, 3.05) is 47.0 Å². The molecule has 0 fully saturated rings. The lowest BCUT2D eigenvalue weighted by Crippen LogP contribution is -2.31. The quantitative estimate of drug-likeness (QED) is 0.657. The zero-order valence-electron chi connectivity index (χ0n) is 17.8. The number of fused-ring (bicyclic) bond motifs is 1. The fraction of sp³-hybridized carbons (Fsp3) is 0.478. The third-order valence-electron chi connectivity index (χ3n) is 5.55. The molecule has 0 aliphatic carbocycles. The number of methoxy groups -OCH3 is 2. The first-order chi connectivity index (χ1) is 14.1. The fourth-order valence-electron chi connectivity index (χ4n) is 3.82. The molecule has 3 rings (SSSR count). The molecule has 2 aromatic carbocycles. The molecule has 1 aliphatic rings. The zero-order valence-corrected chi connectivity index (χ0v) is 18.5. The van der Waals surface area contributed by atoms with Crippen molar-refractivity contribution >= 4 is 11.6 Å². The minimum atomic E-state index is 0.0539. The highest BCUT2D eigenvalue weighted by molar-refractivity contribution is 6.32. The number of hydrogen-bond acceptors (Lipinski definition) is 5. The Hall–Kier alpha value is -1.95. The molecule has 5 nitrogen and oxygen atoms in total. The summed E-state index contributed by atoms with van der Waals surface area (Å²) in [7, 11) is 3.32. The summed E-state index contributed by atoms with van der Waals surface area (Å²) in [5.74, 6) is 2.25. The van der Waals surface area contributed by atoms with E-state index in [2.05, 4.69) is 42.3 Å². The summed E-state index contributed by atoms with van der Waals surface area (Å²) in [5, 5.41) is 4.22. The van der Waals surface area contributed by atoms with Gasteiger partial charge in [0.1, 0.15) is 12.4 Å². The lowest BCUT2D eigenvalue weighted by atomic mass is 9.89. The van der Waals surface area contributed by atoms with Crippen molar-refractivity contribution in [1.82, 2.24) is 10.2 Å². The molecule has 1 aliphatic heterocycles. The maximum atomic E-state index is 6.38. The maximum absolute atomic E-state index is 6.38. The van der Waals surface area contributed by atoms with E-state index in [9.17, 15) is 0 Å². The largest absolute Gasteiger partial charge is 0.495 e. The van der Waals surface area contributed by atoms with E-state index in [1.807, 2.05) is 12.1 Å². The van der Waals surface area contributed by atoms with E-state index in [4.69, 9.17) is 25.8 Å². The van der Waals surface area contributed by atoms with Gasteiger partial charge >= 0.3 is 0 Å². The Labute approximate surface area is 178 Å². The van der Waals surface area contributed by atoms with Crippen LogP contribution in [0.4, 0.5) is 0 Å². The van der Waals surface area contributed by atoms with Crippen LogP contribution in [-0.2, 0) is 6.42 Å². The van der Waals surface area contributed by atoms with Crippen molar-refractivity contribution in [1.29, 1.82) is 0 Å². The second-order valence-corrected chi connectivity index (χ2v) is 7.52. The highest BCUT2D eigenvalue weighted by Gasteiger charge is 2.24. The Morgan fingerprint density at radius 1 is 1.03 bits per heavy atom. The normalized spacial score (nSPS) is 15.9. The lowest BCUT2D eigenvalue weighted by Gasteiger charge is -2.29. The summed E-state index contributed by atoms with van der Waals surface area (Å²) < 4.78 is 17.0. The van der Waals surface area contributed by atoms with Gasteiger partial charge in [0, 0.05) is 13.1 Å². The van der Waals surface area contributed by atoms with Gasteiger partial charge in [0.25, 0.3) is 0 Å². The Bertz CT molecular complexity index is 824. The summed E-state index contributed by atoms with van der Waals surface area (Å²) in [6.07, 6.45) is 0.950. The van der Waals surface area contributed by atoms with Gasteiger partial charge in [0.2, 0.25) is 0 Å². The van der Waals surface area contributed by atoms with Gasteiger partial charge in [0.15, 0.2) is 11.5 Å². The second-order valence-electron chi connectivity index (χ2n) is 7.11. The zero-order chi connectivity index (χ0) is 20.8. The molecule has 0 amide bonds. The number of nitrogens with zero attached hydrogens (tertiary/aromatic N) is 1. The molecule has 0 bridgehead atoms. The molecule has 29 heavy (non-hydrogen) atoms. The van der Waals surface area contributed by atoms with Gasteiger partial charge in [-0.25, -0.2) is 0 Å². The van der Waals surface area contributed by atoms with E-state index >= 15 is 0 Å². The smallest absolute Gasteiger partial charge is 0.161 e. The molecule has 158 valence electrons. The van der Waals surface area contributed by atoms with Crippen LogP contribution in [0.25, 0.3) is 0 Å². The highest BCUT2D eigenvalue weighted by Crippen LogP contribution is 2.39. The molecule has 2 aromatic rings. The summed E-state index contributed by atoms with van der Waals surface area (Å²) >= 11 is 6.38. The number of halogens is 1. The van der Waals surface area contributed by atoms with Crippen molar-refractivity contribution < 1.29 is 14.2 Å². The summed E-state index contributed by atoms with van der Waals surface area (Å²) in [6, 6.07) is 10.2. The molecule has 1 N–H and O–H groups in total. The van der Waals surface area contributed by atoms with Gasteiger partial charge in [-0.2, -0.15) is 0 Å². The second kappa shape index (κ2) is 10.2. The molecular weight excluding hydrogens is 388 g/mol. The standard InChI is InChI=1S/C23H31ClN2O3/c1-5-26(6-2)11-12-29-22-15-18-16(14-21(22)28-4)9-10-25-23(18)17-7-8-20(27-3)19(24)13-17/h7-8,13-15,23,25H,5-6,9-12H2,1-4H3. The van der Waals surface area contributed by atoms with Crippen LogP contribution in [0.5, 0.6) is 17.2 Å². The van der Waals surface area contributed by atoms with Crippen LogP contribution in [0.3, 0.4) is 0 Å². The number of ether oxygens (including phenoxy) is 3. The number of hydrogen-bond donors (Lipinski definition) is 1. The van der Waals surface area contributed by atoms with Crippen LogP contribution in [-0.4, -0.2) is 51.9 Å². The molecule has 6 heteroatoms. The first-order valence-corrected chi connectivity index (χ1v) is 10.6. The van der Waals surface area contributed by atoms with Crippen molar-refractivity contribution in [2.45, 2.75) is 26.3 Å². The van der Waals surface area contributed by atoms with E-state index < -0.39 is 0 Å². The van der Waals surface area contributed by atoms with Gasteiger partial charge in [0.05, 0.1) is 25.3 Å². The van der Waals surface area contributed by atoms with E-state index in [-0.39, 0.29) is 6.04 Å². The number of likely N-dealkylation sites (N-methyl/N-ethyl adjacent to an activating group) is 1. The Kier molecular flexibility index (Phi) is 7.64. The number of benzene rings is 2. The van der Waals surface area contributed by atoms with Crippen LogP contribution in [0.15, 0.2) is 30.3 Å². The number of rotatable bonds is 9. The Balaban J connectivity index is 1.88. The predicted octanol–water partition coefficient (Wildman–Crippen LogP) is 4.31. The van der Waals surface area contributed by atoms with Crippen LogP contribution in [0.2, 0.25) is 5.02 Å². The monoisotopic (exact) mass is 418 g/mol. The number of nitrogens with one attached hydrogen (secondary N) is 1. The van der Waals surface area contributed by atoms with Gasteiger partial charge in [-0.1, -0.05) is 31.5 Å². The maximum Gasteiger partial charge on any atom is 0.161 e. The van der Waals surface area contributed by atoms with Crippen molar-refractivity contribution in [2.24, 2.45) is 0 Å². The first kappa shape index (κ1) is 21.8. The van der Waals surface area contributed by atoms with Crippen LogP contribution < -0.4 is 19.5 Å². The average Bonchev–Trinajstić information content (AvgIpc) is 2.75. The van der Waals surface area contributed by atoms with E-state index in [1.165, 1.54) is 11.1 Å². The third kappa shape index (κ3) is 4.97. The predicted molar refractivity (Wildman–Crippen MR) is 118 cm³/mol. The molecule has 0 saturated heterocycles. The first-order valence-electron chi connectivity index (χ1n) is 10.2. The SMILES string of the molecule is CCN(CC)CCOc1cc2c(cc1OC)CCNC2c1ccc(OC)c(Cl)c1. The highest BCUT2D eigenvalue weighted by atomic mass is 35.5. The van der Waals surface area contributed by atoms with Crippen molar-refractivity contribution in [3.8, 4) is 17.2 Å². The van der Waals surface area contributed by atoms with Gasteiger partial charge in [-0.3, -0.25) is 0 Å². The average molecular weight is 419 g/mol. The van der Waals surface area contributed by atoms with E-state index in [1.54, 1.807) is 14.2 Å². The van der Waals surface area contributed by atoms with Gasteiger partial charge in [-0.15, -0.1) is 0 Å². The van der Waals surface area contributed by atoms with Gasteiger partial charge in [-0.05, 0) is 60.5 Å². The third-order valence-corrected chi connectivity index (χ3v) is 5.84. The minimum absolute atomic E-state index is 0.0539. The molecule has 1 atom stereocenters. The molecular formula is C23H31ClN2O3. The minimum Gasteiger partial charge on any atom is -0.495 e. The van der Waals surface area contributed by atoms with E-state index in [0.29, 0.717) is 17.4 Å². The topological polar surface area (TPSA) is 43.0 Å². The molecule has 0 spiro atoms. The molecule has 1 unspecified atom stereocenters. The van der Waals surface area contributed by atoms with Crippen LogP contribution >= 0.6 is 11.6 Å². The summed E-state index contributed by atoms with van der Waals surface area (Å²) in [4.78, 5) is 2.34. The summed E-state index contributed by atoms with van der Waals surface area (Å²) in [5.41, 5.74) is 3.58. The van der Waals surface area contributed by atoms with Gasteiger partial charge < -0.3 is 24.4 Å². The molecule has 1 heterocycles.